The monoisotopic (exact) mass is 311 g/mol. The number of carbonyl (C=O) groups is 1. The highest BCUT2D eigenvalue weighted by Crippen LogP contribution is 2.13. The normalized spacial score (nSPS) is 13.5. The van der Waals surface area contributed by atoms with Gasteiger partial charge in [0.05, 0.1) is 18.8 Å². The molecule has 0 aliphatic heterocycles. The molecule has 2 atom stereocenters. The van der Waals surface area contributed by atoms with Gasteiger partial charge in [-0.25, -0.2) is 4.79 Å². The molecule has 0 bridgehead atoms. The lowest BCUT2D eigenvalue weighted by molar-refractivity contribution is 0.0526. The van der Waals surface area contributed by atoms with Crippen LogP contribution in [0.2, 0.25) is 0 Å². The molecule has 0 amide bonds. The Balaban J connectivity index is 2.33. The zero-order valence-corrected chi connectivity index (χ0v) is 13.4. The van der Waals surface area contributed by atoms with Gasteiger partial charge in [0, 0.05) is 19.7 Å². The zero-order valence-electron chi connectivity index (χ0n) is 13.4. The fraction of sp³-hybridized carbons (Fsp3) is 0.562. The minimum absolute atomic E-state index is 0.170. The lowest BCUT2D eigenvalue weighted by Crippen LogP contribution is -2.38. The SMILES string of the molecule is CCOC(=O)c1ccc(OC[C@@H](O)CN[C@H](C)COC)cc1. The molecule has 22 heavy (non-hydrogen) atoms. The van der Waals surface area contributed by atoms with E-state index in [9.17, 15) is 9.90 Å². The molecular formula is C16H25NO5. The van der Waals surface area contributed by atoms with E-state index in [1.807, 2.05) is 6.92 Å². The van der Waals surface area contributed by atoms with Crippen LogP contribution in [0.5, 0.6) is 5.75 Å². The average molecular weight is 311 g/mol. The molecule has 0 aromatic heterocycles. The second-order valence-electron chi connectivity index (χ2n) is 4.97. The molecule has 0 aliphatic carbocycles. The Bertz CT molecular complexity index is 435. The number of rotatable bonds is 10. The maximum absolute atomic E-state index is 11.5. The summed E-state index contributed by atoms with van der Waals surface area (Å²) in [6, 6.07) is 6.81. The number of methoxy groups -OCH3 is 1. The van der Waals surface area contributed by atoms with Crippen LogP contribution in [0.1, 0.15) is 24.2 Å². The van der Waals surface area contributed by atoms with E-state index in [1.165, 1.54) is 0 Å². The van der Waals surface area contributed by atoms with E-state index < -0.39 is 6.10 Å². The molecule has 0 radical (unpaired) electrons. The molecule has 124 valence electrons. The molecule has 6 heteroatoms. The van der Waals surface area contributed by atoms with Crippen molar-refractivity contribution in [3.63, 3.8) is 0 Å². The molecule has 1 aromatic rings. The molecule has 0 unspecified atom stereocenters. The Morgan fingerprint density at radius 1 is 1.27 bits per heavy atom. The summed E-state index contributed by atoms with van der Waals surface area (Å²) >= 11 is 0. The summed E-state index contributed by atoms with van der Waals surface area (Å²) in [7, 11) is 1.64. The first kappa shape index (κ1) is 18.4. The lowest BCUT2D eigenvalue weighted by Gasteiger charge is -2.17. The van der Waals surface area contributed by atoms with Crippen molar-refractivity contribution in [3.05, 3.63) is 29.8 Å². The number of carbonyl (C=O) groups excluding carboxylic acids is 1. The number of nitrogens with one attached hydrogen (secondary N) is 1. The number of hydrogen-bond acceptors (Lipinski definition) is 6. The van der Waals surface area contributed by atoms with E-state index in [0.717, 1.165) is 0 Å². The molecular weight excluding hydrogens is 286 g/mol. The lowest BCUT2D eigenvalue weighted by atomic mass is 10.2. The van der Waals surface area contributed by atoms with Crippen LogP contribution in [0, 0.1) is 0 Å². The second kappa shape index (κ2) is 10.2. The van der Waals surface area contributed by atoms with Crippen molar-refractivity contribution in [2.75, 3.05) is 33.5 Å². The van der Waals surface area contributed by atoms with Crippen molar-refractivity contribution in [2.24, 2.45) is 0 Å². The molecule has 0 fully saturated rings. The summed E-state index contributed by atoms with van der Waals surface area (Å²) in [6.07, 6.45) is -0.621. The van der Waals surface area contributed by atoms with E-state index in [1.54, 1.807) is 38.3 Å². The van der Waals surface area contributed by atoms with Crippen LogP contribution < -0.4 is 10.1 Å². The van der Waals surface area contributed by atoms with E-state index in [-0.39, 0.29) is 18.6 Å². The largest absolute Gasteiger partial charge is 0.491 e. The number of aliphatic hydroxyl groups is 1. The molecule has 0 saturated heterocycles. The van der Waals surface area contributed by atoms with Gasteiger partial charge in [0.1, 0.15) is 18.5 Å². The highest BCUT2D eigenvalue weighted by atomic mass is 16.5. The first-order valence-electron chi connectivity index (χ1n) is 7.37. The predicted octanol–water partition coefficient (Wildman–Crippen LogP) is 1.23. The van der Waals surface area contributed by atoms with E-state index >= 15 is 0 Å². The van der Waals surface area contributed by atoms with E-state index in [2.05, 4.69) is 5.32 Å². The summed E-state index contributed by atoms with van der Waals surface area (Å²) in [5.41, 5.74) is 0.477. The maximum atomic E-state index is 11.5. The minimum Gasteiger partial charge on any atom is -0.491 e. The van der Waals surface area contributed by atoms with Crippen LogP contribution in [0.25, 0.3) is 0 Å². The highest BCUT2D eigenvalue weighted by molar-refractivity contribution is 5.89. The third kappa shape index (κ3) is 6.89. The first-order valence-corrected chi connectivity index (χ1v) is 7.37. The van der Waals surface area contributed by atoms with Gasteiger partial charge in [0.15, 0.2) is 0 Å². The van der Waals surface area contributed by atoms with Gasteiger partial charge in [0.2, 0.25) is 0 Å². The minimum atomic E-state index is -0.621. The van der Waals surface area contributed by atoms with Gasteiger partial charge in [-0.1, -0.05) is 0 Å². The topological polar surface area (TPSA) is 77.0 Å². The Labute approximate surface area is 131 Å². The van der Waals surface area contributed by atoms with Crippen LogP contribution in [-0.2, 0) is 9.47 Å². The van der Waals surface area contributed by atoms with Crippen LogP contribution in [-0.4, -0.2) is 56.7 Å². The smallest absolute Gasteiger partial charge is 0.338 e. The van der Waals surface area contributed by atoms with Crippen molar-refractivity contribution in [1.82, 2.24) is 5.32 Å². The summed E-state index contributed by atoms with van der Waals surface area (Å²) in [5.74, 6) is 0.238. The number of aliphatic hydroxyl groups excluding tert-OH is 1. The fourth-order valence-corrected chi connectivity index (χ4v) is 1.80. The van der Waals surface area contributed by atoms with Gasteiger partial charge in [-0.2, -0.15) is 0 Å². The zero-order chi connectivity index (χ0) is 16.4. The summed E-state index contributed by atoms with van der Waals surface area (Å²) < 4.78 is 15.4. The molecule has 0 aliphatic rings. The number of hydrogen-bond donors (Lipinski definition) is 2. The van der Waals surface area contributed by atoms with Crippen LogP contribution in [0.4, 0.5) is 0 Å². The van der Waals surface area contributed by atoms with E-state index in [0.29, 0.717) is 31.1 Å². The van der Waals surface area contributed by atoms with Gasteiger partial charge in [0.25, 0.3) is 0 Å². The quantitative estimate of drug-likeness (QED) is 0.633. The van der Waals surface area contributed by atoms with Crippen molar-refractivity contribution < 1.29 is 24.1 Å². The Morgan fingerprint density at radius 2 is 1.95 bits per heavy atom. The fourth-order valence-electron chi connectivity index (χ4n) is 1.80. The van der Waals surface area contributed by atoms with Crippen molar-refractivity contribution in [3.8, 4) is 5.75 Å². The molecule has 0 heterocycles. The number of ether oxygens (including phenoxy) is 3. The maximum Gasteiger partial charge on any atom is 0.338 e. The van der Waals surface area contributed by atoms with Gasteiger partial charge < -0.3 is 24.6 Å². The number of esters is 1. The second-order valence-corrected chi connectivity index (χ2v) is 4.97. The van der Waals surface area contributed by atoms with Crippen molar-refractivity contribution in [2.45, 2.75) is 26.0 Å². The summed E-state index contributed by atoms with van der Waals surface area (Å²) in [5, 5.41) is 13.0. The molecule has 1 rings (SSSR count). The van der Waals surface area contributed by atoms with Crippen molar-refractivity contribution >= 4 is 5.97 Å². The van der Waals surface area contributed by atoms with Crippen LogP contribution >= 0.6 is 0 Å². The Morgan fingerprint density at radius 3 is 2.55 bits per heavy atom. The Kier molecular flexibility index (Phi) is 8.50. The third-order valence-corrected chi connectivity index (χ3v) is 2.93. The van der Waals surface area contributed by atoms with Crippen LogP contribution in [0.15, 0.2) is 24.3 Å². The summed E-state index contributed by atoms with van der Waals surface area (Å²) in [6.45, 7) is 5.26. The van der Waals surface area contributed by atoms with E-state index in [4.69, 9.17) is 14.2 Å². The Hall–Kier alpha value is -1.63. The van der Waals surface area contributed by atoms with Gasteiger partial charge >= 0.3 is 5.97 Å². The van der Waals surface area contributed by atoms with Gasteiger partial charge in [-0.05, 0) is 38.1 Å². The molecule has 2 N–H and O–H groups in total. The number of benzene rings is 1. The summed E-state index contributed by atoms with van der Waals surface area (Å²) in [4.78, 5) is 11.5. The van der Waals surface area contributed by atoms with Gasteiger partial charge in [-0.3, -0.25) is 0 Å². The van der Waals surface area contributed by atoms with Crippen LogP contribution in [0.3, 0.4) is 0 Å². The highest BCUT2D eigenvalue weighted by Gasteiger charge is 2.09. The standard InChI is InChI=1S/C16H25NO5/c1-4-21-16(19)13-5-7-15(8-6-13)22-11-14(18)9-17-12(2)10-20-3/h5-8,12,14,17-18H,4,9-11H2,1-3H3/t12-,14+/m1/s1. The average Bonchev–Trinajstić information content (AvgIpc) is 2.52. The first-order chi connectivity index (χ1) is 10.6. The molecule has 1 aromatic carbocycles. The van der Waals surface area contributed by atoms with Crippen molar-refractivity contribution in [1.29, 1.82) is 0 Å². The third-order valence-electron chi connectivity index (χ3n) is 2.93. The molecule has 0 spiro atoms. The molecule has 6 nitrogen and oxygen atoms in total. The molecule has 0 saturated carbocycles. The predicted molar refractivity (Wildman–Crippen MR) is 83.2 cm³/mol. The van der Waals surface area contributed by atoms with Gasteiger partial charge in [-0.15, -0.1) is 0 Å².